The summed E-state index contributed by atoms with van der Waals surface area (Å²) in [6.07, 6.45) is 67.6. The fourth-order valence-electron chi connectivity index (χ4n) is 10.3. The van der Waals surface area contributed by atoms with Crippen LogP contribution >= 0.6 is 0 Å². The van der Waals surface area contributed by atoms with Crippen LogP contribution in [-0.2, 0) is 23.8 Å². The predicted octanol–water partition coefficient (Wildman–Crippen LogP) is 17.3. The van der Waals surface area contributed by atoms with Gasteiger partial charge in [-0.1, -0.05) is 279 Å². The number of esters is 1. The summed E-state index contributed by atoms with van der Waals surface area (Å²) in [5.74, 6) is -1.21. The van der Waals surface area contributed by atoms with Crippen molar-refractivity contribution in [1.82, 2.24) is 5.32 Å². The molecule has 1 saturated heterocycles. The van der Waals surface area contributed by atoms with Gasteiger partial charge in [0.05, 0.1) is 25.4 Å². The Labute approximate surface area is 508 Å². The average Bonchev–Trinajstić information content (AvgIpc) is 3.61. The highest BCUT2D eigenvalue weighted by molar-refractivity contribution is 5.80. The lowest BCUT2D eigenvalue weighted by molar-refractivity contribution is -0.305. The summed E-state index contributed by atoms with van der Waals surface area (Å²) in [6.45, 7) is 5.74. The van der Waals surface area contributed by atoms with E-state index in [1.54, 1.807) is 6.08 Å². The van der Waals surface area contributed by atoms with Gasteiger partial charge in [0.15, 0.2) is 12.4 Å². The predicted molar refractivity (Wildman–Crippen MR) is 347 cm³/mol. The molecular formula is C72H127NO10. The van der Waals surface area contributed by atoms with E-state index in [1.165, 1.54) is 148 Å². The van der Waals surface area contributed by atoms with Gasteiger partial charge in [-0.15, -0.1) is 0 Å². The van der Waals surface area contributed by atoms with Crippen molar-refractivity contribution < 1.29 is 49.3 Å². The molecule has 1 fully saturated rings. The maximum Gasteiger partial charge on any atom is 0.306 e. The average molecular weight is 1170 g/mol. The third-order valence-corrected chi connectivity index (χ3v) is 15.8. The van der Waals surface area contributed by atoms with Crippen LogP contribution in [0.25, 0.3) is 0 Å². The van der Waals surface area contributed by atoms with Crippen LogP contribution in [-0.4, -0.2) is 99.6 Å². The molecule has 8 unspecified atom stereocenters. The van der Waals surface area contributed by atoms with Crippen molar-refractivity contribution >= 4 is 11.9 Å². The van der Waals surface area contributed by atoms with E-state index in [1.807, 2.05) is 6.08 Å². The van der Waals surface area contributed by atoms with Crippen LogP contribution in [0.15, 0.2) is 85.1 Å². The Hall–Kier alpha value is -3.16. The lowest BCUT2D eigenvalue weighted by Gasteiger charge is -2.41. The standard InChI is InChI=1S/C72H127NO10/c1-4-7-10-13-16-19-22-25-27-28-29-30-31-32-33-34-35-36-37-38-39-42-45-48-51-54-57-60-67(77)83-70-69(79)68(78)66(61-74)82-72(70)81-62-63(64(75)58-55-52-49-46-43-40-24-21-18-15-12-9-6-3)73-71(80)65(76)59-56-53-50-47-44-41-26-23-20-17-14-11-8-5-2/h16-17,19-20,23,25-27,29-30,32-33,55,58,63-66,68-70,72,74-76,78-79H,4-15,18,21-22,24,28,31,34-54,56-57,59-62H2,1-3H3,(H,73,80)/b19-16-,20-17+,26-23+,27-25-,30-29-,33-32-,58-55+. The Morgan fingerprint density at radius 2 is 0.867 bits per heavy atom. The molecule has 1 aliphatic rings. The number of carbonyl (C=O) groups is 2. The molecule has 1 rings (SSSR count). The van der Waals surface area contributed by atoms with Crippen molar-refractivity contribution in [1.29, 1.82) is 0 Å². The molecule has 6 N–H and O–H groups in total. The molecular weight excluding hydrogens is 1040 g/mol. The number of aliphatic hydroxyl groups is 5. The number of ether oxygens (including phenoxy) is 3. The van der Waals surface area contributed by atoms with Crippen LogP contribution in [0.5, 0.6) is 0 Å². The van der Waals surface area contributed by atoms with Gasteiger partial charge in [-0.25, -0.2) is 0 Å². The maximum atomic E-state index is 13.4. The molecule has 1 aliphatic heterocycles. The SMILES string of the molecule is CCCCC/C=C\C/C=C\C/C=C\C/C=C\CCCCCCCCCCCCCC(=O)OC1C(OCC(NC(=O)C(O)CCCCCCC/C=C/C=C/CCCCC)C(O)/C=C/CCCCCCCCCCCCC)OC(CO)C(O)C1O. The first-order valence-electron chi connectivity index (χ1n) is 34.4. The molecule has 1 amide bonds. The minimum absolute atomic E-state index is 0.115. The van der Waals surface area contributed by atoms with Gasteiger partial charge < -0.3 is 45.1 Å². The molecule has 0 spiro atoms. The highest BCUT2D eigenvalue weighted by Gasteiger charge is 2.47. The summed E-state index contributed by atoms with van der Waals surface area (Å²) in [4.78, 5) is 26.6. The van der Waals surface area contributed by atoms with Gasteiger partial charge in [-0.05, 0) is 96.3 Å². The molecule has 0 aliphatic carbocycles. The molecule has 0 bridgehead atoms. The number of aliphatic hydroxyl groups excluding tert-OH is 5. The zero-order chi connectivity index (χ0) is 60.3. The van der Waals surface area contributed by atoms with Crippen LogP contribution in [0.3, 0.4) is 0 Å². The molecule has 8 atom stereocenters. The number of unbranched alkanes of at least 4 members (excludes halogenated alkanes) is 33. The van der Waals surface area contributed by atoms with E-state index >= 15 is 0 Å². The van der Waals surface area contributed by atoms with E-state index in [2.05, 4.69) is 99.0 Å². The normalized spacial score (nSPS) is 19.1. The van der Waals surface area contributed by atoms with E-state index < -0.39 is 67.4 Å². The second kappa shape index (κ2) is 59.2. The number of rotatable bonds is 58. The Kier molecular flexibility index (Phi) is 55.5. The highest BCUT2D eigenvalue weighted by Crippen LogP contribution is 2.26. The molecule has 83 heavy (non-hydrogen) atoms. The monoisotopic (exact) mass is 1170 g/mol. The van der Waals surface area contributed by atoms with Crippen LogP contribution in [0, 0.1) is 0 Å². The number of nitrogens with one attached hydrogen (secondary N) is 1. The van der Waals surface area contributed by atoms with Gasteiger partial charge >= 0.3 is 5.97 Å². The molecule has 480 valence electrons. The van der Waals surface area contributed by atoms with Gasteiger partial charge in [0.2, 0.25) is 5.91 Å². The van der Waals surface area contributed by atoms with E-state index in [4.69, 9.17) is 14.2 Å². The Morgan fingerprint density at radius 1 is 0.482 bits per heavy atom. The van der Waals surface area contributed by atoms with Gasteiger partial charge in [0.25, 0.3) is 0 Å². The second-order valence-electron chi connectivity index (χ2n) is 23.6. The number of allylic oxidation sites excluding steroid dienone is 13. The molecule has 11 nitrogen and oxygen atoms in total. The first-order chi connectivity index (χ1) is 40.7. The van der Waals surface area contributed by atoms with E-state index in [9.17, 15) is 35.1 Å². The Morgan fingerprint density at radius 3 is 1.34 bits per heavy atom. The summed E-state index contributed by atoms with van der Waals surface area (Å²) >= 11 is 0. The van der Waals surface area contributed by atoms with Gasteiger partial charge in [0, 0.05) is 6.42 Å². The van der Waals surface area contributed by atoms with E-state index in [0.29, 0.717) is 12.8 Å². The second-order valence-corrected chi connectivity index (χ2v) is 23.6. The summed E-state index contributed by atoms with van der Waals surface area (Å²) in [6, 6.07) is -1.03. The van der Waals surface area contributed by atoms with E-state index in [-0.39, 0.29) is 19.4 Å². The third kappa shape index (κ3) is 46.7. The van der Waals surface area contributed by atoms with Gasteiger partial charge in [-0.2, -0.15) is 0 Å². The lowest BCUT2D eigenvalue weighted by atomic mass is 9.99. The van der Waals surface area contributed by atoms with E-state index in [0.717, 1.165) is 103 Å². The first kappa shape index (κ1) is 77.9. The van der Waals surface area contributed by atoms with Crippen molar-refractivity contribution in [2.45, 2.75) is 346 Å². The molecule has 1 heterocycles. The number of amides is 1. The van der Waals surface area contributed by atoms with Gasteiger partial charge in [0.1, 0.15) is 24.4 Å². The van der Waals surface area contributed by atoms with Crippen molar-refractivity contribution in [3.05, 3.63) is 85.1 Å². The van der Waals surface area contributed by atoms with Crippen molar-refractivity contribution in [3.8, 4) is 0 Å². The molecule has 0 aromatic carbocycles. The quantitative estimate of drug-likeness (QED) is 0.0149. The molecule has 0 aromatic rings. The third-order valence-electron chi connectivity index (χ3n) is 15.8. The fraction of sp³-hybridized carbons (Fsp3) is 0.778. The van der Waals surface area contributed by atoms with Crippen LogP contribution in [0.1, 0.15) is 297 Å². The van der Waals surface area contributed by atoms with Crippen LogP contribution in [0.2, 0.25) is 0 Å². The van der Waals surface area contributed by atoms with Crippen molar-refractivity contribution in [2.24, 2.45) is 0 Å². The summed E-state index contributed by atoms with van der Waals surface area (Å²) in [5.41, 5.74) is 0. The van der Waals surface area contributed by atoms with Gasteiger partial charge in [-0.3, -0.25) is 9.59 Å². The van der Waals surface area contributed by atoms with Crippen molar-refractivity contribution in [2.75, 3.05) is 13.2 Å². The van der Waals surface area contributed by atoms with Crippen LogP contribution in [0.4, 0.5) is 0 Å². The largest absolute Gasteiger partial charge is 0.454 e. The smallest absolute Gasteiger partial charge is 0.306 e. The lowest BCUT2D eigenvalue weighted by Crippen LogP contribution is -2.61. The topological polar surface area (TPSA) is 175 Å². The number of hydrogen-bond donors (Lipinski definition) is 6. The van der Waals surface area contributed by atoms with Crippen molar-refractivity contribution in [3.63, 3.8) is 0 Å². The minimum Gasteiger partial charge on any atom is -0.454 e. The highest BCUT2D eigenvalue weighted by atomic mass is 16.7. The zero-order valence-electron chi connectivity index (χ0n) is 53.3. The molecule has 11 heteroatoms. The Balaban J connectivity index is 2.58. The van der Waals surface area contributed by atoms with Crippen LogP contribution < -0.4 is 5.32 Å². The number of carbonyl (C=O) groups excluding carboxylic acids is 2. The number of hydrogen-bond acceptors (Lipinski definition) is 10. The summed E-state index contributed by atoms with van der Waals surface area (Å²) in [7, 11) is 0. The Bertz CT molecular complexity index is 1670. The summed E-state index contributed by atoms with van der Waals surface area (Å²) < 4.78 is 17.7. The maximum absolute atomic E-state index is 13.4. The molecule has 0 aromatic heterocycles. The summed E-state index contributed by atoms with van der Waals surface area (Å²) in [5, 5.41) is 57.1. The fourth-order valence-corrected chi connectivity index (χ4v) is 10.3. The molecule has 0 saturated carbocycles. The minimum atomic E-state index is -1.62. The first-order valence-corrected chi connectivity index (χ1v) is 34.4. The zero-order valence-corrected chi connectivity index (χ0v) is 53.3. The molecule has 0 radical (unpaired) electrons.